The molecule has 0 aliphatic carbocycles. The average Bonchev–Trinajstić information content (AvgIpc) is 2.43. The van der Waals surface area contributed by atoms with E-state index in [4.69, 9.17) is 27.9 Å². The van der Waals surface area contributed by atoms with Gasteiger partial charge in [-0.2, -0.15) is 0 Å². The zero-order valence-electron chi connectivity index (χ0n) is 11.0. The number of carboxylic acid groups (broad SMARTS) is 1. The average molecular weight is 333 g/mol. The number of rotatable bonds is 3. The maximum Gasteiger partial charge on any atom is 0.329 e. The third-order valence-electron chi connectivity index (χ3n) is 3.29. The van der Waals surface area contributed by atoms with Gasteiger partial charge >= 0.3 is 12.0 Å². The highest BCUT2D eigenvalue weighted by Gasteiger charge is 2.41. The number of aliphatic carboxylic acids is 1. The Morgan fingerprint density at radius 2 is 1.86 bits per heavy atom. The lowest BCUT2D eigenvalue weighted by molar-refractivity contribution is -0.148. The third kappa shape index (κ3) is 3.78. The largest absolute Gasteiger partial charge is 0.480 e. The predicted octanol–water partition coefficient (Wildman–Crippen LogP) is 2.75. The molecule has 0 unspecified atom stereocenters. The lowest BCUT2D eigenvalue weighted by Crippen LogP contribution is -2.58. The van der Waals surface area contributed by atoms with Crippen molar-refractivity contribution in [3.8, 4) is 0 Å². The molecule has 6 nitrogen and oxygen atoms in total. The highest BCUT2D eigenvalue weighted by molar-refractivity contribution is 6.42. The molecule has 0 saturated carbocycles. The van der Waals surface area contributed by atoms with Crippen LogP contribution in [-0.2, 0) is 9.53 Å². The summed E-state index contributed by atoms with van der Waals surface area (Å²) in [5.74, 6) is -1.07. The van der Waals surface area contributed by atoms with Crippen molar-refractivity contribution in [1.82, 2.24) is 5.32 Å². The van der Waals surface area contributed by atoms with Gasteiger partial charge in [-0.15, -0.1) is 0 Å². The summed E-state index contributed by atoms with van der Waals surface area (Å²) >= 11 is 11.6. The molecule has 2 rings (SSSR count). The van der Waals surface area contributed by atoms with Crippen LogP contribution in [0.3, 0.4) is 0 Å². The molecule has 0 atom stereocenters. The van der Waals surface area contributed by atoms with E-state index in [1.54, 1.807) is 12.1 Å². The van der Waals surface area contributed by atoms with E-state index in [1.807, 2.05) is 0 Å². The summed E-state index contributed by atoms with van der Waals surface area (Å²) < 4.78 is 5.14. The van der Waals surface area contributed by atoms with Gasteiger partial charge in [-0.05, 0) is 18.2 Å². The van der Waals surface area contributed by atoms with E-state index in [0.717, 1.165) is 0 Å². The van der Waals surface area contributed by atoms with Crippen LogP contribution in [0.2, 0.25) is 10.0 Å². The Morgan fingerprint density at radius 3 is 2.43 bits per heavy atom. The van der Waals surface area contributed by atoms with E-state index < -0.39 is 17.5 Å². The van der Waals surface area contributed by atoms with Crippen LogP contribution in [0, 0.1) is 0 Å². The van der Waals surface area contributed by atoms with Crippen LogP contribution in [-0.4, -0.2) is 35.9 Å². The Morgan fingerprint density at radius 1 is 1.19 bits per heavy atom. The zero-order chi connectivity index (χ0) is 15.5. The van der Waals surface area contributed by atoms with Gasteiger partial charge in [-0.1, -0.05) is 23.2 Å². The van der Waals surface area contributed by atoms with Crippen molar-refractivity contribution in [3.05, 3.63) is 28.2 Å². The van der Waals surface area contributed by atoms with Crippen LogP contribution < -0.4 is 10.6 Å². The van der Waals surface area contributed by atoms with Crippen LogP contribution in [0.1, 0.15) is 12.8 Å². The third-order valence-corrected chi connectivity index (χ3v) is 4.03. The van der Waals surface area contributed by atoms with Crippen molar-refractivity contribution in [2.45, 2.75) is 18.4 Å². The number of carbonyl (C=O) groups is 2. The molecule has 0 bridgehead atoms. The molecule has 1 fully saturated rings. The molecule has 114 valence electrons. The number of hydrogen-bond acceptors (Lipinski definition) is 3. The summed E-state index contributed by atoms with van der Waals surface area (Å²) in [6, 6.07) is 3.99. The fraction of sp³-hybridized carbons (Fsp3) is 0.385. The van der Waals surface area contributed by atoms with Crippen LogP contribution in [0.4, 0.5) is 10.5 Å². The minimum absolute atomic E-state index is 0.219. The fourth-order valence-corrected chi connectivity index (χ4v) is 2.36. The number of anilines is 1. The summed E-state index contributed by atoms with van der Waals surface area (Å²) in [6.45, 7) is 0.582. The Bertz CT molecular complexity index is 559. The highest BCUT2D eigenvalue weighted by atomic mass is 35.5. The molecule has 0 aromatic heterocycles. The molecule has 0 spiro atoms. The van der Waals surface area contributed by atoms with E-state index in [9.17, 15) is 14.7 Å². The molecule has 0 radical (unpaired) electrons. The summed E-state index contributed by atoms with van der Waals surface area (Å²) in [5, 5.41) is 15.1. The molecule has 2 amide bonds. The van der Waals surface area contributed by atoms with Crippen molar-refractivity contribution in [2.24, 2.45) is 0 Å². The van der Waals surface area contributed by atoms with Crippen LogP contribution >= 0.6 is 23.2 Å². The summed E-state index contributed by atoms with van der Waals surface area (Å²) in [7, 11) is 0. The van der Waals surface area contributed by atoms with E-state index in [0.29, 0.717) is 28.9 Å². The molecule has 1 aliphatic rings. The number of amides is 2. The second kappa shape index (κ2) is 6.51. The Kier molecular flexibility index (Phi) is 4.92. The monoisotopic (exact) mass is 332 g/mol. The number of urea groups is 1. The minimum atomic E-state index is -1.31. The Labute approximate surface area is 131 Å². The zero-order valence-corrected chi connectivity index (χ0v) is 12.5. The van der Waals surface area contributed by atoms with Gasteiger partial charge in [-0.25, -0.2) is 9.59 Å². The quantitative estimate of drug-likeness (QED) is 0.794. The predicted molar refractivity (Wildman–Crippen MR) is 79.0 cm³/mol. The molecule has 1 aromatic carbocycles. The molecule has 8 heteroatoms. The molecular formula is C13H14Cl2N2O4. The number of carbonyl (C=O) groups excluding carboxylic acids is 1. The lowest BCUT2D eigenvalue weighted by Gasteiger charge is -2.33. The van der Waals surface area contributed by atoms with E-state index >= 15 is 0 Å². The van der Waals surface area contributed by atoms with Crippen molar-refractivity contribution >= 4 is 40.9 Å². The first-order valence-corrected chi connectivity index (χ1v) is 7.04. The van der Waals surface area contributed by atoms with Crippen molar-refractivity contribution < 1.29 is 19.4 Å². The number of ether oxygens (including phenoxy) is 1. The SMILES string of the molecule is O=C(Nc1ccc(Cl)c(Cl)c1)NC1(C(=O)O)CCOCC1. The number of halogens is 2. The number of benzene rings is 1. The Balaban J connectivity index is 2.05. The maximum atomic E-state index is 12.0. The summed E-state index contributed by atoms with van der Waals surface area (Å²) in [6.07, 6.45) is 0.439. The molecule has 3 N–H and O–H groups in total. The van der Waals surface area contributed by atoms with E-state index in [-0.39, 0.29) is 12.8 Å². The van der Waals surface area contributed by atoms with Gasteiger partial charge in [0.2, 0.25) is 0 Å². The smallest absolute Gasteiger partial charge is 0.329 e. The van der Waals surface area contributed by atoms with Gasteiger partial charge in [0, 0.05) is 31.7 Å². The minimum Gasteiger partial charge on any atom is -0.480 e. The van der Waals surface area contributed by atoms with E-state index in [1.165, 1.54) is 6.07 Å². The van der Waals surface area contributed by atoms with Gasteiger partial charge in [-0.3, -0.25) is 0 Å². The summed E-state index contributed by atoms with van der Waals surface area (Å²) in [4.78, 5) is 23.4. The van der Waals surface area contributed by atoms with Gasteiger partial charge in [0.15, 0.2) is 0 Å². The molecule has 1 aromatic rings. The normalized spacial score (nSPS) is 17.0. The lowest BCUT2D eigenvalue weighted by atomic mass is 9.90. The number of carboxylic acids is 1. The molecule has 1 heterocycles. The topological polar surface area (TPSA) is 87.7 Å². The maximum absolute atomic E-state index is 12.0. The first kappa shape index (κ1) is 15.9. The highest BCUT2D eigenvalue weighted by Crippen LogP contribution is 2.25. The molecular weight excluding hydrogens is 319 g/mol. The van der Waals surface area contributed by atoms with Gasteiger partial charge < -0.3 is 20.5 Å². The second-order valence-corrected chi connectivity index (χ2v) is 5.52. The molecule has 21 heavy (non-hydrogen) atoms. The summed E-state index contributed by atoms with van der Waals surface area (Å²) in [5.41, 5.74) is -0.882. The van der Waals surface area contributed by atoms with Crippen molar-refractivity contribution in [2.75, 3.05) is 18.5 Å². The van der Waals surface area contributed by atoms with Crippen molar-refractivity contribution in [1.29, 1.82) is 0 Å². The first-order chi connectivity index (χ1) is 9.93. The van der Waals surface area contributed by atoms with Crippen LogP contribution in [0.5, 0.6) is 0 Å². The van der Waals surface area contributed by atoms with Gasteiger partial charge in [0.25, 0.3) is 0 Å². The fourth-order valence-electron chi connectivity index (χ4n) is 2.07. The van der Waals surface area contributed by atoms with Crippen molar-refractivity contribution in [3.63, 3.8) is 0 Å². The Hall–Kier alpha value is -1.50. The first-order valence-electron chi connectivity index (χ1n) is 6.28. The number of hydrogen-bond donors (Lipinski definition) is 3. The standard InChI is InChI=1S/C13H14Cl2N2O4/c14-9-2-1-8(7-10(9)15)16-12(20)17-13(11(18)19)3-5-21-6-4-13/h1-2,7H,3-6H2,(H,18,19)(H2,16,17,20). The van der Waals surface area contributed by atoms with Crippen LogP contribution in [0.25, 0.3) is 0 Å². The second-order valence-electron chi connectivity index (χ2n) is 4.71. The van der Waals surface area contributed by atoms with Crippen LogP contribution in [0.15, 0.2) is 18.2 Å². The molecule has 1 saturated heterocycles. The van der Waals surface area contributed by atoms with E-state index in [2.05, 4.69) is 10.6 Å². The van der Waals surface area contributed by atoms with Gasteiger partial charge in [0.05, 0.1) is 10.0 Å². The number of nitrogens with one attached hydrogen (secondary N) is 2. The van der Waals surface area contributed by atoms with Gasteiger partial charge in [0.1, 0.15) is 5.54 Å². The molecule has 1 aliphatic heterocycles.